The maximum atomic E-state index is 13.3. The van der Waals surface area contributed by atoms with Crippen LogP contribution >= 0.6 is 11.6 Å². The molecule has 0 radical (unpaired) electrons. The maximum Gasteiger partial charge on any atom is 0.397 e. The second-order valence-electron chi connectivity index (χ2n) is 8.21. The number of ether oxygens (including phenoxy) is 1. The van der Waals surface area contributed by atoms with Crippen molar-refractivity contribution in [1.82, 2.24) is 29.3 Å². The first-order valence-corrected chi connectivity index (χ1v) is 12.2. The molecule has 0 atom stereocenters. The third-order valence-electron chi connectivity index (χ3n) is 5.77. The number of carbonyl (C=O) groups is 1. The van der Waals surface area contributed by atoms with Crippen LogP contribution in [0.5, 0.6) is 5.88 Å². The van der Waals surface area contributed by atoms with Crippen molar-refractivity contribution in [2.75, 3.05) is 6.61 Å². The summed E-state index contributed by atoms with van der Waals surface area (Å²) in [6.07, 6.45) is -1.19. The van der Waals surface area contributed by atoms with E-state index in [0.29, 0.717) is 6.42 Å². The van der Waals surface area contributed by atoms with Crippen LogP contribution in [-0.2, 0) is 17.1 Å². The Bertz CT molecular complexity index is 1380. The molecule has 3 aromatic rings. The monoisotopic (exact) mass is 532 g/mol. The molecule has 1 amide bonds. The Hall–Kier alpha value is -3.13. The summed E-state index contributed by atoms with van der Waals surface area (Å²) in [7, 11) is -2.66. The summed E-state index contributed by atoms with van der Waals surface area (Å²) >= 11 is 6.11. The number of nitrogens with one attached hydrogen (secondary N) is 1. The summed E-state index contributed by atoms with van der Waals surface area (Å²) in [5.41, 5.74) is -1.86. The van der Waals surface area contributed by atoms with Crippen LogP contribution < -0.4 is 9.46 Å². The van der Waals surface area contributed by atoms with Crippen molar-refractivity contribution in [3.63, 3.8) is 0 Å². The molecule has 1 aliphatic rings. The van der Waals surface area contributed by atoms with Crippen LogP contribution in [0.15, 0.2) is 35.5 Å². The first-order chi connectivity index (χ1) is 16.3. The van der Waals surface area contributed by atoms with E-state index in [1.165, 1.54) is 46.9 Å². The van der Waals surface area contributed by atoms with E-state index in [4.69, 9.17) is 16.3 Å². The average molecular weight is 533 g/mol. The van der Waals surface area contributed by atoms with E-state index >= 15 is 0 Å². The number of aryl methyl sites for hydroxylation is 2. The zero-order valence-corrected chi connectivity index (χ0v) is 20.1. The summed E-state index contributed by atoms with van der Waals surface area (Å²) < 4.78 is 74.6. The van der Waals surface area contributed by atoms with Crippen molar-refractivity contribution in [3.8, 4) is 11.7 Å². The van der Waals surface area contributed by atoms with E-state index < -0.39 is 34.1 Å². The van der Waals surface area contributed by atoms with E-state index in [2.05, 4.69) is 15.2 Å². The number of hydrogen-bond donors (Lipinski definition) is 1. The highest BCUT2D eigenvalue weighted by atomic mass is 35.5. The van der Waals surface area contributed by atoms with Crippen LogP contribution in [0, 0.1) is 12.3 Å². The molecule has 10 nitrogen and oxygen atoms in total. The Balaban J connectivity index is 1.46. The Morgan fingerprint density at radius 1 is 1.26 bits per heavy atom. The molecule has 3 aromatic heterocycles. The van der Waals surface area contributed by atoms with Gasteiger partial charge >= 0.3 is 6.18 Å². The van der Waals surface area contributed by atoms with Crippen LogP contribution in [0.3, 0.4) is 0 Å². The largest absolute Gasteiger partial charge is 0.476 e. The molecular weight excluding hydrogens is 513 g/mol. The van der Waals surface area contributed by atoms with Crippen molar-refractivity contribution < 1.29 is 31.1 Å². The van der Waals surface area contributed by atoms with Gasteiger partial charge in [0.05, 0.1) is 11.3 Å². The van der Waals surface area contributed by atoms with Gasteiger partial charge < -0.3 is 4.74 Å². The average Bonchev–Trinajstić information content (AvgIpc) is 3.32. The van der Waals surface area contributed by atoms with E-state index in [-0.39, 0.29) is 45.8 Å². The van der Waals surface area contributed by atoms with E-state index in [9.17, 15) is 26.4 Å². The molecule has 15 heteroatoms. The maximum absolute atomic E-state index is 13.3. The molecule has 4 rings (SSSR count). The lowest BCUT2D eigenvalue weighted by molar-refractivity contribution is -0.259. The van der Waals surface area contributed by atoms with Crippen molar-refractivity contribution in [3.05, 3.63) is 47.0 Å². The van der Waals surface area contributed by atoms with Crippen molar-refractivity contribution in [1.29, 1.82) is 0 Å². The van der Waals surface area contributed by atoms with Gasteiger partial charge in [-0.2, -0.15) is 18.3 Å². The van der Waals surface area contributed by atoms with Crippen LogP contribution in [-0.4, -0.2) is 51.7 Å². The van der Waals surface area contributed by atoms with Gasteiger partial charge in [0.15, 0.2) is 5.82 Å². The molecule has 1 N–H and O–H groups in total. The van der Waals surface area contributed by atoms with Gasteiger partial charge in [0.25, 0.3) is 15.9 Å². The minimum atomic E-state index is -4.36. The van der Waals surface area contributed by atoms with Crippen LogP contribution in [0.2, 0.25) is 5.15 Å². The fourth-order valence-corrected chi connectivity index (χ4v) is 5.05. The Labute approximate surface area is 203 Å². The second kappa shape index (κ2) is 8.82. The highest BCUT2D eigenvalue weighted by Crippen LogP contribution is 2.53. The molecule has 188 valence electrons. The Kier molecular flexibility index (Phi) is 6.30. The fraction of sp³-hybridized carbons (Fsp3) is 0.400. The zero-order valence-electron chi connectivity index (χ0n) is 18.5. The number of aromatic nitrogens is 5. The lowest BCUT2D eigenvalue weighted by Gasteiger charge is -2.42. The molecule has 1 saturated carbocycles. The molecule has 3 heterocycles. The molecule has 0 spiro atoms. The van der Waals surface area contributed by atoms with Gasteiger partial charge in [-0.15, -0.1) is 5.10 Å². The third-order valence-corrected chi connectivity index (χ3v) is 7.49. The van der Waals surface area contributed by atoms with E-state index in [1.807, 2.05) is 4.72 Å². The number of amides is 1. The Morgan fingerprint density at radius 2 is 1.97 bits per heavy atom. The number of alkyl halides is 3. The zero-order chi connectivity index (χ0) is 25.6. The van der Waals surface area contributed by atoms with E-state index in [0.717, 1.165) is 0 Å². The molecular formula is C20H20ClF3N6O4S. The number of rotatable bonds is 7. The van der Waals surface area contributed by atoms with Crippen molar-refractivity contribution in [2.45, 2.75) is 37.3 Å². The molecule has 1 aliphatic carbocycles. The SMILES string of the molecule is Cc1nn(C)cc1S(=O)(=O)NC(=O)c1ccc(-n2ccc(OCC3(C(F)(F)F)CCC3)n2)nc1Cl. The predicted molar refractivity (Wildman–Crippen MR) is 117 cm³/mol. The predicted octanol–water partition coefficient (Wildman–Crippen LogP) is 3.19. The number of carbonyl (C=O) groups excluding carboxylic acids is 1. The highest BCUT2D eigenvalue weighted by molar-refractivity contribution is 7.90. The molecule has 0 aromatic carbocycles. The van der Waals surface area contributed by atoms with Gasteiger partial charge in [0, 0.05) is 25.5 Å². The summed E-state index contributed by atoms with van der Waals surface area (Å²) in [4.78, 5) is 16.4. The number of nitrogens with zero attached hydrogens (tertiary/aromatic N) is 5. The summed E-state index contributed by atoms with van der Waals surface area (Å²) in [5.74, 6) is -0.889. The van der Waals surface area contributed by atoms with Crippen LogP contribution in [0.4, 0.5) is 13.2 Å². The summed E-state index contributed by atoms with van der Waals surface area (Å²) in [6.45, 7) is 0.950. The van der Waals surface area contributed by atoms with Gasteiger partial charge in [-0.25, -0.2) is 22.8 Å². The highest BCUT2D eigenvalue weighted by Gasteiger charge is 2.58. The molecule has 0 bridgehead atoms. The second-order valence-corrected chi connectivity index (χ2v) is 10.2. The normalized spacial score (nSPS) is 15.5. The van der Waals surface area contributed by atoms with Crippen molar-refractivity contribution in [2.24, 2.45) is 12.5 Å². The minimum absolute atomic E-state index is 0.00791. The van der Waals surface area contributed by atoms with E-state index in [1.54, 1.807) is 7.05 Å². The molecule has 0 unspecified atom stereocenters. The standard InChI is InChI=1S/C20H20ClF3N6O4S/c1-12-14(10-29(2)26-12)35(32,33)28-18(31)13-4-5-15(25-17(13)21)30-9-6-16(27-30)34-11-19(7-3-8-19)20(22,23)24/h4-6,9-10H,3,7-8,11H2,1-2H3,(H,28,31). The molecule has 0 saturated heterocycles. The summed E-state index contributed by atoms with van der Waals surface area (Å²) in [6, 6.07) is 3.98. The number of pyridine rings is 1. The minimum Gasteiger partial charge on any atom is -0.476 e. The quantitative estimate of drug-likeness (QED) is 0.464. The van der Waals surface area contributed by atoms with Gasteiger partial charge in [0.2, 0.25) is 5.88 Å². The fourth-order valence-electron chi connectivity index (χ4n) is 3.63. The van der Waals surface area contributed by atoms with Gasteiger partial charge in [-0.1, -0.05) is 18.0 Å². The topological polar surface area (TPSA) is 121 Å². The lowest BCUT2D eigenvalue weighted by atomic mass is 9.69. The molecule has 0 aliphatic heterocycles. The summed E-state index contributed by atoms with van der Waals surface area (Å²) in [5, 5.41) is 7.69. The lowest BCUT2D eigenvalue weighted by Crippen LogP contribution is -2.48. The first kappa shape index (κ1) is 25.0. The number of sulfonamides is 1. The van der Waals surface area contributed by atoms with Crippen LogP contribution in [0.25, 0.3) is 5.82 Å². The van der Waals surface area contributed by atoms with Gasteiger partial charge in [-0.3, -0.25) is 9.48 Å². The molecule has 1 fully saturated rings. The van der Waals surface area contributed by atoms with Crippen molar-refractivity contribution >= 4 is 27.5 Å². The smallest absolute Gasteiger partial charge is 0.397 e. The van der Waals surface area contributed by atoms with Gasteiger partial charge in [0.1, 0.15) is 22.1 Å². The van der Waals surface area contributed by atoms with Crippen LogP contribution in [0.1, 0.15) is 35.3 Å². The molecule has 35 heavy (non-hydrogen) atoms. The third kappa shape index (κ3) is 4.85. The Morgan fingerprint density at radius 3 is 2.51 bits per heavy atom. The first-order valence-electron chi connectivity index (χ1n) is 10.3. The van der Waals surface area contributed by atoms with Gasteiger partial charge in [-0.05, 0) is 31.9 Å². The number of hydrogen-bond acceptors (Lipinski definition) is 7. The number of halogens is 4.